The van der Waals surface area contributed by atoms with Crippen LogP contribution in [0.3, 0.4) is 0 Å². The minimum Gasteiger partial charge on any atom is -0.465 e. The lowest BCUT2D eigenvalue weighted by Crippen LogP contribution is -2.44. The maximum atomic E-state index is 12.3. The Bertz CT molecular complexity index is 268. The Morgan fingerprint density at radius 3 is 2.71 bits per heavy atom. The number of nitrogens with zero attached hydrogens (tertiary/aromatic N) is 1. The number of carbonyl (C=O) groups is 1. The topological polar surface area (TPSA) is 29.5 Å². The summed E-state index contributed by atoms with van der Waals surface area (Å²) in [5.41, 5.74) is 0. The van der Waals surface area contributed by atoms with Gasteiger partial charge in [0, 0.05) is 6.04 Å². The highest BCUT2D eigenvalue weighted by atomic mass is 19.4. The van der Waals surface area contributed by atoms with Gasteiger partial charge in [-0.15, -0.1) is 0 Å². The predicted octanol–water partition coefficient (Wildman–Crippen LogP) is 2.35. The first-order chi connectivity index (χ1) is 7.85. The number of halogens is 3. The summed E-state index contributed by atoms with van der Waals surface area (Å²) in [6, 6.07) is -1.18. The molecular weight excluding hydrogens is 235 g/mol. The van der Waals surface area contributed by atoms with Gasteiger partial charge in [-0.25, -0.2) is 0 Å². The maximum Gasteiger partial charge on any atom is 0.390 e. The fourth-order valence-corrected chi connectivity index (χ4v) is 2.26. The summed E-state index contributed by atoms with van der Waals surface area (Å²) in [5, 5.41) is 0. The van der Waals surface area contributed by atoms with Crippen molar-refractivity contribution in [2.24, 2.45) is 0 Å². The molecule has 1 saturated heterocycles. The maximum absolute atomic E-state index is 12.3. The van der Waals surface area contributed by atoms with E-state index in [9.17, 15) is 18.0 Å². The molecule has 0 amide bonds. The van der Waals surface area contributed by atoms with Gasteiger partial charge >= 0.3 is 12.1 Å². The third-order valence-electron chi connectivity index (χ3n) is 2.95. The number of carbonyl (C=O) groups excluding carboxylic acids is 1. The quantitative estimate of drug-likeness (QED) is 0.720. The molecule has 0 bridgehead atoms. The number of hydrogen-bond donors (Lipinski definition) is 0. The van der Waals surface area contributed by atoms with E-state index in [4.69, 9.17) is 4.74 Å². The normalized spacial score (nSPS) is 23.7. The van der Waals surface area contributed by atoms with Gasteiger partial charge in [0.1, 0.15) is 6.04 Å². The van der Waals surface area contributed by atoms with Gasteiger partial charge in [0.05, 0.1) is 13.0 Å². The van der Waals surface area contributed by atoms with Crippen LogP contribution in [0.15, 0.2) is 0 Å². The zero-order valence-corrected chi connectivity index (χ0v) is 10.1. The first-order valence-electron chi connectivity index (χ1n) is 5.84. The lowest BCUT2D eigenvalue weighted by atomic mass is 10.1. The van der Waals surface area contributed by atoms with Gasteiger partial charge in [-0.3, -0.25) is 9.69 Å². The fraction of sp³-hybridized carbons (Fsp3) is 0.909. The summed E-state index contributed by atoms with van der Waals surface area (Å²) in [6.07, 6.45) is -3.75. The van der Waals surface area contributed by atoms with Crippen molar-refractivity contribution >= 4 is 5.97 Å². The van der Waals surface area contributed by atoms with E-state index >= 15 is 0 Å². The molecule has 1 fully saturated rings. The summed E-state index contributed by atoms with van der Waals surface area (Å²) in [6.45, 7) is 3.99. The lowest BCUT2D eigenvalue weighted by molar-refractivity contribution is -0.157. The van der Waals surface area contributed by atoms with Crippen molar-refractivity contribution < 1.29 is 22.7 Å². The molecule has 0 aromatic rings. The van der Waals surface area contributed by atoms with Gasteiger partial charge in [0.15, 0.2) is 0 Å². The van der Waals surface area contributed by atoms with Crippen LogP contribution in [0, 0.1) is 0 Å². The predicted molar refractivity (Wildman–Crippen MR) is 56.5 cm³/mol. The van der Waals surface area contributed by atoms with Gasteiger partial charge in [-0.1, -0.05) is 0 Å². The van der Waals surface area contributed by atoms with E-state index in [1.54, 1.807) is 11.8 Å². The number of hydrogen-bond acceptors (Lipinski definition) is 3. The molecule has 3 nitrogen and oxygen atoms in total. The van der Waals surface area contributed by atoms with Crippen LogP contribution in [0.1, 0.15) is 33.1 Å². The molecular formula is C11H18F3NO2. The van der Waals surface area contributed by atoms with Gasteiger partial charge in [-0.05, 0) is 33.2 Å². The first kappa shape index (κ1) is 14.3. The average Bonchev–Trinajstić information content (AvgIpc) is 2.63. The molecule has 2 atom stereocenters. The van der Waals surface area contributed by atoms with Crippen molar-refractivity contribution in [3.05, 3.63) is 0 Å². The van der Waals surface area contributed by atoms with Crippen LogP contribution >= 0.6 is 0 Å². The molecule has 0 spiro atoms. The van der Waals surface area contributed by atoms with E-state index in [2.05, 4.69) is 0 Å². The van der Waals surface area contributed by atoms with Crippen molar-refractivity contribution in [2.75, 3.05) is 13.2 Å². The minimum absolute atomic E-state index is 0.261. The molecule has 0 aliphatic carbocycles. The number of esters is 1. The third-order valence-corrected chi connectivity index (χ3v) is 2.95. The van der Waals surface area contributed by atoms with Crippen molar-refractivity contribution in [1.82, 2.24) is 4.90 Å². The van der Waals surface area contributed by atoms with Crippen LogP contribution in [0.5, 0.6) is 0 Å². The second-order valence-corrected chi connectivity index (χ2v) is 4.32. The van der Waals surface area contributed by atoms with E-state index in [1.807, 2.05) is 0 Å². The summed E-state index contributed by atoms with van der Waals surface area (Å²) in [4.78, 5) is 13.2. The number of likely N-dealkylation sites (tertiary alicyclic amines) is 1. The third kappa shape index (κ3) is 4.18. The van der Waals surface area contributed by atoms with E-state index in [-0.39, 0.29) is 6.61 Å². The highest BCUT2D eigenvalue weighted by Crippen LogP contribution is 2.28. The monoisotopic (exact) mass is 253 g/mol. The molecule has 0 aromatic carbocycles. The smallest absolute Gasteiger partial charge is 0.390 e. The van der Waals surface area contributed by atoms with E-state index in [1.165, 1.54) is 6.92 Å². The Balaban J connectivity index is 2.59. The molecule has 0 N–H and O–H groups in total. The molecule has 1 aliphatic rings. The molecule has 17 heavy (non-hydrogen) atoms. The standard InChI is InChI=1S/C11H18F3NO2/c1-3-17-10(16)9-5-4-6-15(9)8(2)7-11(12,13)14/h8-9H,3-7H2,1-2H3/t8-,9+/m0/s1. The van der Waals surface area contributed by atoms with Crippen LogP contribution in [-0.4, -0.2) is 42.3 Å². The van der Waals surface area contributed by atoms with Gasteiger partial charge in [0.2, 0.25) is 0 Å². The Hall–Kier alpha value is -0.780. The number of alkyl halides is 3. The average molecular weight is 253 g/mol. The molecule has 1 aliphatic heterocycles. The molecule has 1 rings (SSSR count). The second-order valence-electron chi connectivity index (χ2n) is 4.32. The van der Waals surface area contributed by atoms with E-state index in [0.717, 1.165) is 6.42 Å². The molecule has 0 aromatic heterocycles. The van der Waals surface area contributed by atoms with Crippen LogP contribution in [0.4, 0.5) is 13.2 Å². The second kappa shape index (κ2) is 5.71. The number of rotatable bonds is 4. The largest absolute Gasteiger partial charge is 0.465 e. The van der Waals surface area contributed by atoms with Crippen LogP contribution < -0.4 is 0 Å². The SMILES string of the molecule is CCOC(=O)[C@H]1CCCN1[C@@H](C)CC(F)(F)F. The molecule has 100 valence electrons. The highest BCUT2D eigenvalue weighted by Gasteiger charge is 2.39. The Morgan fingerprint density at radius 2 is 2.18 bits per heavy atom. The zero-order chi connectivity index (χ0) is 13.1. The molecule has 0 saturated carbocycles. The van der Waals surface area contributed by atoms with Crippen molar-refractivity contribution in [3.8, 4) is 0 Å². The minimum atomic E-state index is -4.19. The summed E-state index contributed by atoms with van der Waals surface area (Å²) < 4.78 is 41.8. The molecule has 6 heteroatoms. The Labute approximate surface area is 98.9 Å². The summed E-state index contributed by atoms with van der Waals surface area (Å²) in [7, 11) is 0. The Kier molecular flexibility index (Phi) is 4.80. The van der Waals surface area contributed by atoms with Gasteiger partial charge in [0.25, 0.3) is 0 Å². The van der Waals surface area contributed by atoms with Crippen molar-refractivity contribution in [3.63, 3.8) is 0 Å². The van der Waals surface area contributed by atoms with Gasteiger partial charge in [-0.2, -0.15) is 13.2 Å². The first-order valence-corrected chi connectivity index (χ1v) is 5.84. The van der Waals surface area contributed by atoms with E-state index < -0.39 is 30.7 Å². The highest BCUT2D eigenvalue weighted by molar-refractivity contribution is 5.76. The van der Waals surface area contributed by atoms with Crippen LogP contribution in [-0.2, 0) is 9.53 Å². The van der Waals surface area contributed by atoms with Crippen LogP contribution in [0.2, 0.25) is 0 Å². The zero-order valence-electron chi connectivity index (χ0n) is 10.1. The van der Waals surface area contributed by atoms with Crippen molar-refractivity contribution in [2.45, 2.75) is 51.4 Å². The number of ether oxygens (including phenoxy) is 1. The fourth-order valence-electron chi connectivity index (χ4n) is 2.26. The van der Waals surface area contributed by atoms with E-state index in [0.29, 0.717) is 13.0 Å². The summed E-state index contributed by atoms with van der Waals surface area (Å²) >= 11 is 0. The van der Waals surface area contributed by atoms with Crippen LogP contribution in [0.25, 0.3) is 0 Å². The van der Waals surface area contributed by atoms with Crippen molar-refractivity contribution in [1.29, 1.82) is 0 Å². The molecule has 1 heterocycles. The van der Waals surface area contributed by atoms with Gasteiger partial charge < -0.3 is 4.74 Å². The molecule has 0 unspecified atom stereocenters. The molecule has 0 radical (unpaired) electrons. The Morgan fingerprint density at radius 1 is 1.53 bits per heavy atom. The summed E-state index contributed by atoms with van der Waals surface area (Å²) in [5.74, 6) is -0.404. The lowest BCUT2D eigenvalue weighted by Gasteiger charge is -2.29.